The Bertz CT molecular complexity index is 973. The largest absolute Gasteiger partial charge is 0.435 e. The lowest BCUT2D eigenvalue weighted by molar-refractivity contribution is -0.141. The van der Waals surface area contributed by atoms with Crippen molar-refractivity contribution in [2.24, 2.45) is 7.05 Å². The first-order valence-electron chi connectivity index (χ1n) is 8.17. The predicted octanol–water partition coefficient (Wildman–Crippen LogP) is 3.55. The van der Waals surface area contributed by atoms with Crippen LogP contribution in [0.1, 0.15) is 33.1 Å². The molecular formula is C18H18F3N5O. The zero-order valence-electron chi connectivity index (χ0n) is 15.0. The Morgan fingerprint density at radius 1 is 1.15 bits per heavy atom. The summed E-state index contributed by atoms with van der Waals surface area (Å²) < 4.78 is 41.0. The van der Waals surface area contributed by atoms with Crippen molar-refractivity contribution in [1.82, 2.24) is 19.6 Å². The average molecular weight is 377 g/mol. The van der Waals surface area contributed by atoms with Gasteiger partial charge in [0.25, 0.3) is 5.91 Å². The number of amides is 1. The van der Waals surface area contributed by atoms with E-state index >= 15 is 0 Å². The highest BCUT2D eigenvalue weighted by Gasteiger charge is 2.35. The monoisotopic (exact) mass is 377 g/mol. The Morgan fingerprint density at radius 3 is 2.41 bits per heavy atom. The molecule has 9 heteroatoms. The van der Waals surface area contributed by atoms with Gasteiger partial charge in [-0.2, -0.15) is 23.4 Å². The number of carbonyl (C=O) groups excluding carboxylic acids is 1. The smallest absolute Gasteiger partial charge is 0.317 e. The summed E-state index contributed by atoms with van der Waals surface area (Å²) in [6.45, 7) is 4.05. The molecule has 1 amide bonds. The molecule has 0 aliphatic rings. The second kappa shape index (κ2) is 6.90. The molecule has 0 aliphatic heterocycles. The van der Waals surface area contributed by atoms with E-state index in [0.717, 1.165) is 16.3 Å². The number of rotatable bonds is 4. The van der Waals surface area contributed by atoms with Crippen LogP contribution < -0.4 is 5.32 Å². The van der Waals surface area contributed by atoms with Crippen LogP contribution in [0.15, 0.2) is 36.4 Å². The lowest BCUT2D eigenvalue weighted by Crippen LogP contribution is -2.17. The maximum absolute atomic E-state index is 12.8. The number of nitrogens with one attached hydrogen (secondary N) is 1. The fourth-order valence-corrected chi connectivity index (χ4v) is 2.78. The van der Waals surface area contributed by atoms with Crippen LogP contribution in [0.4, 0.5) is 18.9 Å². The molecule has 6 nitrogen and oxygen atoms in total. The first kappa shape index (κ1) is 18.7. The quantitative estimate of drug-likeness (QED) is 0.756. The molecule has 142 valence electrons. The molecule has 0 atom stereocenters. The molecule has 3 rings (SSSR count). The van der Waals surface area contributed by atoms with Crippen LogP contribution in [-0.2, 0) is 19.8 Å². The van der Waals surface area contributed by atoms with E-state index in [2.05, 4.69) is 15.5 Å². The third kappa shape index (κ3) is 3.86. The van der Waals surface area contributed by atoms with Crippen LogP contribution in [0.2, 0.25) is 0 Å². The molecule has 1 aromatic carbocycles. The van der Waals surface area contributed by atoms with Crippen LogP contribution in [-0.4, -0.2) is 25.5 Å². The molecule has 27 heavy (non-hydrogen) atoms. The highest BCUT2D eigenvalue weighted by molar-refractivity contribution is 6.03. The fourth-order valence-electron chi connectivity index (χ4n) is 2.78. The SMILES string of the molecule is Cc1nn(Cc2ccccc2)c(C)c1NC(=O)c1cc(C(F)(F)F)nn1C. The maximum Gasteiger partial charge on any atom is 0.435 e. The normalized spacial score (nSPS) is 11.6. The second-order valence-corrected chi connectivity index (χ2v) is 6.18. The van der Waals surface area contributed by atoms with Gasteiger partial charge in [-0.05, 0) is 19.4 Å². The van der Waals surface area contributed by atoms with Crippen molar-refractivity contribution in [1.29, 1.82) is 0 Å². The maximum atomic E-state index is 12.8. The van der Waals surface area contributed by atoms with E-state index in [-0.39, 0.29) is 5.69 Å². The molecule has 2 aromatic heterocycles. The fraction of sp³-hybridized carbons (Fsp3) is 0.278. The van der Waals surface area contributed by atoms with Crippen molar-refractivity contribution in [2.45, 2.75) is 26.6 Å². The highest BCUT2D eigenvalue weighted by atomic mass is 19.4. The number of anilines is 1. The first-order valence-corrected chi connectivity index (χ1v) is 8.17. The van der Waals surface area contributed by atoms with Crippen molar-refractivity contribution >= 4 is 11.6 Å². The van der Waals surface area contributed by atoms with Crippen molar-refractivity contribution < 1.29 is 18.0 Å². The zero-order valence-corrected chi connectivity index (χ0v) is 15.0. The molecule has 0 saturated carbocycles. The van der Waals surface area contributed by atoms with Gasteiger partial charge in [-0.3, -0.25) is 14.2 Å². The molecule has 0 unspecified atom stereocenters. The van der Waals surface area contributed by atoms with Crippen LogP contribution in [0.3, 0.4) is 0 Å². The molecule has 0 saturated heterocycles. The molecule has 0 radical (unpaired) electrons. The first-order chi connectivity index (χ1) is 12.7. The van der Waals surface area contributed by atoms with Crippen LogP contribution in [0.5, 0.6) is 0 Å². The van der Waals surface area contributed by atoms with Gasteiger partial charge in [-0.15, -0.1) is 0 Å². The molecular weight excluding hydrogens is 359 g/mol. The van der Waals surface area contributed by atoms with E-state index in [1.807, 2.05) is 30.3 Å². The second-order valence-electron chi connectivity index (χ2n) is 6.18. The summed E-state index contributed by atoms with van der Waals surface area (Å²) in [7, 11) is 1.29. The van der Waals surface area contributed by atoms with Crippen molar-refractivity contribution in [3.8, 4) is 0 Å². The summed E-state index contributed by atoms with van der Waals surface area (Å²) in [5, 5.41) is 10.4. The number of nitrogens with zero attached hydrogens (tertiary/aromatic N) is 4. The van der Waals surface area contributed by atoms with E-state index in [0.29, 0.717) is 23.6 Å². The van der Waals surface area contributed by atoms with Crippen molar-refractivity contribution in [2.75, 3.05) is 5.32 Å². The summed E-state index contributed by atoms with van der Waals surface area (Å²) >= 11 is 0. The van der Waals surface area contributed by atoms with Gasteiger partial charge in [-0.1, -0.05) is 30.3 Å². The molecule has 3 aromatic rings. The molecule has 0 bridgehead atoms. The minimum atomic E-state index is -4.61. The van der Waals surface area contributed by atoms with Crippen LogP contribution >= 0.6 is 0 Å². The minimum absolute atomic E-state index is 0.183. The number of alkyl halides is 3. The van der Waals surface area contributed by atoms with Crippen molar-refractivity contribution in [3.05, 3.63) is 64.7 Å². The minimum Gasteiger partial charge on any atom is -0.317 e. The topological polar surface area (TPSA) is 64.7 Å². The molecule has 0 aliphatic carbocycles. The number of aromatic nitrogens is 4. The van der Waals surface area contributed by atoms with E-state index in [1.165, 1.54) is 7.05 Å². The number of hydrogen-bond donors (Lipinski definition) is 1. The van der Waals surface area contributed by atoms with Gasteiger partial charge in [0.1, 0.15) is 5.69 Å². The molecule has 0 spiro atoms. The standard InChI is InChI=1S/C18H18F3N5O/c1-11-16(12(2)26(23-11)10-13-7-5-4-6-8-13)22-17(27)14-9-15(18(19,20)21)24-25(14)3/h4-9H,10H2,1-3H3,(H,22,27). The van der Waals surface area contributed by atoms with Gasteiger partial charge >= 0.3 is 6.18 Å². The highest BCUT2D eigenvalue weighted by Crippen LogP contribution is 2.29. The van der Waals surface area contributed by atoms with Crippen LogP contribution in [0, 0.1) is 13.8 Å². The van der Waals surface area contributed by atoms with Gasteiger partial charge in [0.15, 0.2) is 5.69 Å². The van der Waals surface area contributed by atoms with E-state index in [9.17, 15) is 18.0 Å². The summed E-state index contributed by atoms with van der Waals surface area (Å²) in [4.78, 5) is 12.5. The van der Waals surface area contributed by atoms with Gasteiger partial charge in [0.05, 0.1) is 23.6 Å². The van der Waals surface area contributed by atoms with E-state index in [4.69, 9.17) is 0 Å². The summed E-state index contributed by atoms with van der Waals surface area (Å²) in [5.41, 5.74) is 1.52. The number of aryl methyl sites for hydroxylation is 2. The predicted molar refractivity (Wildman–Crippen MR) is 93.4 cm³/mol. The number of hydrogen-bond acceptors (Lipinski definition) is 3. The summed E-state index contributed by atoms with van der Waals surface area (Å²) in [5.74, 6) is -0.675. The molecule has 1 N–H and O–H groups in total. The Morgan fingerprint density at radius 2 is 1.81 bits per heavy atom. The third-order valence-electron chi connectivity index (χ3n) is 4.20. The van der Waals surface area contributed by atoms with Crippen molar-refractivity contribution in [3.63, 3.8) is 0 Å². The van der Waals surface area contributed by atoms with E-state index in [1.54, 1.807) is 18.5 Å². The van der Waals surface area contributed by atoms with Gasteiger partial charge in [-0.25, -0.2) is 0 Å². The number of benzene rings is 1. The number of carbonyl (C=O) groups is 1. The lowest BCUT2D eigenvalue weighted by Gasteiger charge is -2.07. The lowest BCUT2D eigenvalue weighted by atomic mass is 10.2. The van der Waals surface area contributed by atoms with E-state index < -0.39 is 17.8 Å². The summed E-state index contributed by atoms with van der Waals surface area (Å²) in [6.07, 6.45) is -4.61. The number of halogens is 3. The summed E-state index contributed by atoms with van der Waals surface area (Å²) in [6, 6.07) is 10.4. The van der Waals surface area contributed by atoms with Gasteiger partial charge in [0.2, 0.25) is 0 Å². The average Bonchev–Trinajstić information content (AvgIpc) is 3.11. The van der Waals surface area contributed by atoms with Gasteiger partial charge < -0.3 is 5.32 Å². The Balaban J connectivity index is 1.84. The van der Waals surface area contributed by atoms with Crippen LogP contribution in [0.25, 0.3) is 0 Å². The molecule has 2 heterocycles. The Kier molecular flexibility index (Phi) is 4.77. The zero-order chi connectivity index (χ0) is 19.8. The Hall–Kier alpha value is -3.10. The van der Waals surface area contributed by atoms with Gasteiger partial charge in [0, 0.05) is 13.1 Å². The Labute approximate surface area is 153 Å². The molecule has 0 fully saturated rings. The third-order valence-corrected chi connectivity index (χ3v) is 4.20.